The van der Waals surface area contributed by atoms with Crippen LogP contribution in [0.4, 0.5) is 0 Å². The lowest BCUT2D eigenvalue weighted by Gasteiger charge is -2.22. The van der Waals surface area contributed by atoms with Gasteiger partial charge >= 0.3 is 5.97 Å². The van der Waals surface area contributed by atoms with E-state index in [-0.39, 0.29) is 0 Å². The first-order valence-electron chi connectivity index (χ1n) is 12.1. The second kappa shape index (κ2) is 11.9. The number of hydrogen-bond donors (Lipinski definition) is 0. The van der Waals surface area contributed by atoms with Crippen molar-refractivity contribution in [1.29, 1.82) is 0 Å². The highest BCUT2D eigenvalue weighted by molar-refractivity contribution is 7.85. The van der Waals surface area contributed by atoms with Crippen LogP contribution in [0.2, 0.25) is 0 Å². The second-order valence-corrected chi connectivity index (χ2v) is 11.1. The van der Waals surface area contributed by atoms with Crippen LogP contribution in [0.3, 0.4) is 0 Å². The molecule has 1 heterocycles. The van der Waals surface area contributed by atoms with Gasteiger partial charge in [-0.15, -0.1) is 0 Å². The number of benzene rings is 3. The number of aromatic nitrogens is 1. The molecule has 0 saturated carbocycles. The highest BCUT2D eigenvalue weighted by Crippen LogP contribution is 2.44. The minimum Gasteiger partial charge on any atom is -0.497 e. The fraction of sp³-hybridized carbons (Fsp3) is 0.200. The molecule has 0 aliphatic heterocycles. The molecule has 0 bridgehead atoms. The number of nitrogens with zero attached hydrogens (tertiary/aromatic N) is 1. The molecule has 37 heavy (non-hydrogen) atoms. The Hall–Kier alpha value is -3.89. The zero-order chi connectivity index (χ0) is 26.3. The molecule has 190 valence electrons. The Morgan fingerprint density at radius 2 is 1.65 bits per heavy atom. The third-order valence-electron chi connectivity index (χ3n) is 6.06. The van der Waals surface area contributed by atoms with E-state index in [2.05, 4.69) is 0 Å². The first kappa shape index (κ1) is 26.2. The summed E-state index contributed by atoms with van der Waals surface area (Å²) in [4.78, 5) is 17.2. The quantitative estimate of drug-likeness (QED) is 0.124. The first-order chi connectivity index (χ1) is 18.0. The lowest BCUT2D eigenvalue weighted by Crippen LogP contribution is -2.28. The van der Waals surface area contributed by atoms with Gasteiger partial charge in [0.25, 0.3) is 0 Å². The van der Waals surface area contributed by atoms with Crippen molar-refractivity contribution in [2.75, 3.05) is 20.8 Å². The minimum absolute atomic E-state index is 0.357. The van der Waals surface area contributed by atoms with E-state index in [1.165, 1.54) is 6.08 Å². The summed E-state index contributed by atoms with van der Waals surface area (Å²) in [6, 6.07) is 23.9. The molecule has 4 rings (SSSR count). The van der Waals surface area contributed by atoms with Crippen LogP contribution >= 0.6 is 7.14 Å². The number of unbranched alkanes of at least 4 members (excludes halogenated alkanes) is 1. The number of carbonyl (C=O) groups excluding carboxylic acids is 1. The van der Waals surface area contributed by atoms with E-state index in [0.717, 1.165) is 23.7 Å². The predicted molar refractivity (Wildman–Crippen MR) is 149 cm³/mol. The lowest BCUT2D eigenvalue weighted by molar-refractivity contribution is -0.137. The van der Waals surface area contributed by atoms with Gasteiger partial charge in [-0.3, -0.25) is 0 Å². The highest BCUT2D eigenvalue weighted by Gasteiger charge is 2.33. The zero-order valence-corrected chi connectivity index (χ0v) is 22.1. The molecule has 0 aliphatic carbocycles. The van der Waals surface area contributed by atoms with Gasteiger partial charge in [0, 0.05) is 22.1 Å². The van der Waals surface area contributed by atoms with Gasteiger partial charge in [0.05, 0.1) is 26.3 Å². The minimum atomic E-state index is -3.49. The van der Waals surface area contributed by atoms with Gasteiger partial charge in [0.1, 0.15) is 16.9 Å². The van der Waals surface area contributed by atoms with E-state index in [9.17, 15) is 4.79 Å². The monoisotopic (exact) mass is 515 g/mol. The summed E-state index contributed by atoms with van der Waals surface area (Å²) in [6.07, 6.45) is 4.72. The van der Waals surface area contributed by atoms with Crippen LogP contribution in [0.1, 0.15) is 25.3 Å². The van der Waals surface area contributed by atoms with Crippen LogP contribution in [0.25, 0.3) is 17.0 Å². The highest BCUT2D eigenvalue weighted by atomic mass is 31.2. The fourth-order valence-electron chi connectivity index (χ4n) is 4.02. The van der Waals surface area contributed by atoms with Crippen molar-refractivity contribution in [2.24, 2.45) is 0 Å². The lowest BCUT2D eigenvalue weighted by atomic mass is 10.2. The number of para-hydroxylation sites is 1. The molecule has 0 saturated heterocycles. The maximum Gasteiger partial charge on any atom is 0.330 e. The summed E-state index contributed by atoms with van der Waals surface area (Å²) in [7, 11) is -0.337. The molecule has 0 amide bonds. The van der Waals surface area contributed by atoms with Gasteiger partial charge in [0.2, 0.25) is 0 Å². The Morgan fingerprint density at radius 3 is 2.38 bits per heavy atom. The third-order valence-corrected chi connectivity index (χ3v) is 9.06. The van der Waals surface area contributed by atoms with Gasteiger partial charge < -0.3 is 18.8 Å². The molecule has 0 N–H and O–H groups in total. The SMILES string of the molecule is CCCCOC(=O)C=Cc1cc(OC)ccc1P(=O)(c1ccc(OC)cc1)c1ccc2ccccc2n1. The number of pyridine rings is 1. The van der Waals surface area contributed by atoms with Crippen molar-refractivity contribution < 1.29 is 23.6 Å². The molecule has 0 fully saturated rings. The number of fused-ring (bicyclic) bond motifs is 1. The molecule has 6 nitrogen and oxygen atoms in total. The summed E-state index contributed by atoms with van der Waals surface area (Å²) in [5, 5.41) is 2.09. The maximum atomic E-state index is 15.2. The topological polar surface area (TPSA) is 74.7 Å². The van der Waals surface area contributed by atoms with Crippen molar-refractivity contribution >= 4 is 46.1 Å². The molecule has 1 atom stereocenters. The van der Waals surface area contributed by atoms with Crippen molar-refractivity contribution in [3.05, 3.63) is 90.5 Å². The second-order valence-electron chi connectivity index (χ2n) is 8.45. The van der Waals surface area contributed by atoms with Crippen molar-refractivity contribution in [2.45, 2.75) is 19.8 Å². The van der Waals surface area contributed by atoms with Crippen LogP contribution in [-0.4, -0.2) is 31.8 Å². The molecule has 7 heteroatoms. The van der Waals surface area contributed by atoms with E-state index in [4.69, 9.17) is 19.2 Å². The zero-order valence-electron chi connectivity index (χ0n) is 21.2. The molecular weight excluding hydrogens is 485 g/mol. The molecule has 4 aromatic rings. The summed E-state index contributed by atoms with van der Waals surface area (Å²) < 4.78 is 31.3. The molecule has 0 spiro atoms. The summed E-state index contributed by atoms with van der Waals surface area (Å²) in [6.45, 7) is 2.39. The Labute approximate surface area is 217 Å². The number of hydrogen-bond acceptors (Lipinski definition) is 6. The number of esters is 1. The maximum absolute atomic E-state index is 15.2. The Morgan fingerprint density at radius 1 is 0.919 bits per heavy atom. The van der Waals surface area contributed by atoms with Crippen molar-refractivity contribution in [3.8, 4) is 11.5 Å². The standard InChI is InChI=1S/C30H30NO5P/c1-4-5-20-36-30(32)19-11-23-21-25(35-3)14-17-28(23)37(33,26-15-12-24(34-2)13-16-26)29-18-10-22-8-6-7-9-27(22)31-29/h6-19,21H,4-5,20H2,1-3H3. The number of ether oxygens (including phenoxy) is 3. The molecule has 3 aromatic carbocycles. The molecule has 0 aliphatic rings. The smallest absolute Gasteiger partial charge is 0.330 e. The van der Waals surface area contributed by atoms with Crippen LogP contribution in [0.5, 0.6) is 11.5 Å². The van der Waals surface area contributed by atoms with Crippen LogP contribution in [0, 0.1) is 0 Å². The largest absolute Gasteiger partial charge is 0.497 e. The molecule has 1 unspecified atom stereocenters. The Balaban J connectivity index is 1.89. The predicted octanol–water partition coefficient (Wildman–Crippen LogP) is 5.25. The van der Waals surface area contributed by atoms with E-state index in [1.54, 1.807) is 62.8 Å². The third kappa shape index (κ3) is 5.76. The molecule has 1 aromatic heterocycles. The number of carbonyl (C=O) groups is 1. The Kier molecular flexibility index (Phi) is 8.42. The fourth-order valence-corrected chi connectivity index (χ4v) is 6.70. The van der Waals surface area contributed by atoms with Crippen LogP contribution in [0.15, 0.2) is 84.9 Å². The van der Waals surface area contributed by atoms with Gasteiger partial charge in [-0.1, -0.05) is 37.6 Å². The molecular formula is C30H30NO5P. The summed E-state index contributed by atoms with van der Waals surface area (Å²) >= 11 is 0. The first-order valence-corrected chi connectivity index (χ1v) is 13.8. The van der Waals surface area contributed by atoms with E-state index in [1.807, 2.05) is 43.3 Å². The van der Waals surface area contributed by atoms with E-state index >= 15 is 4.57 Å². The average molecular weight is 516 g/mol. The van der Waals surface area contributed by atoms with E-state index in [0.29, 0.717) is 39.7 Å². The van der Waals surface area contributed by atoms with Crippen LogP contribution < -0.4 is 25.5 Å². The van der Waals surface area contributed by atoms with Gasteiger partial charge in [-0.05, 0) is 72.7 Å². The Bertz CT molecular complexity index is 1460. The number of rotatable bonds is 10. The van der Waals surface area contributed by atoms with Gasteiger partial charge in [0.15, 0.2) is 7.14 Å². The van der Waals surface area contributed by atoms with Gasteiger partial charge in [-0.2, -0.15) is 0 Å². The summed E-state index contributed by atoms with van der Waals surface area (Å²) in [5.74, 6) is 0.785. The van der Waals surface area contributed by atoms with Gasteiger partial charge in [-0.25, -0.2) is 9.78 Å². The summed E-state index contributed by atoms with van der Waals surface area (Å²) in [5.41, 5.74) is 1.78. The van der Waals surface area contributed by atoms with E-state index < -0.39 is 13.1 Å². The van der Waals surface area contributed by atoms with Crippen molar-refractivity contribution in [1.82, 2.24) is 4.98 Å². The molecule has 0 radical (unpaired) electrons. The number of methoxy groups -OCH3 is 2. The average Bonchev–Trinajstić information content (AvgIpc) is 2.95. The normalized spacial score (nSPS) is 12.8. The van der Waals surface area contributed by atoms with Crippen LogP contribution in [-0.2, 0) is 14.1 Å². The van der Waals surface area contributed by atoms with Crippen molar-refractivity contribution in [3.63, 3.8) is 0 Å².